The van der Waals surface area contributed by atoms with E-state index in [0.717, 1.165) is 183 Å². The van der Waals surface area contributed by atoms with Crippen molar-refractivity contribution < 1.29 is 28.8 Å². The highest BCUT2D eigenvalue weighted by Crippen LogP contribution is 2.40. The SMILES string of the molecule is Cc1cc(-c2nc3ccc(OCCCN(C)C)cc3[nH]2)c(O)cc1C1=Nc2cc(OCCCN(C)C)ccc2C1.Cc1cc(-c2nc3ccc(OCCCN(C)C)cc3[nH]2)c(OCc2ccccc2)cc1C1=Nc2cc(OCCCN(C)C)ccc2C1. The number of fused-ring (bicyclic) bond motifs is 4. The molecule has 0 amide bonds. The molecule has 0 aliphatic carbocycles. The lowest BCUT2D eigenvalue weighted by Crippen LogP contribution is -2.15. The van der Waals surface area contributed by atoms with Crippen molar-refractivity contribution in [2.45, 2.75) is 59.0 Å². The zero-order valence-electron chi connectivity index (χ0n) is 52.3. The van der Waals surface area contributed by atoms with E-state index in [1.54, 1.807) is 6.07 Å². The van der Waals surface area contributed by atoms with Crippen molar-refractivity contribution in [1.29, 1.82) is 0 Å². The van der Waals surface area contributed by atoms with Crippen molar-refractivity contribution in [1.82, 2.24) is 39.5 Å². The molecular formula is C71H84N10O6. The molecule has 7 aromatic carbocycles. The molecule has 0 spiro atoms. The van der Waals surface area contributed by atoms with Crippen LogP contribution in [0.4, 0.5) is 11.4 Å². The van der Waals surface area contributed by atoms with Gasteiger partial charge in [0, 0.05) is 74.4 Å². The molecule has 9 aromatic rings. The van der Waals surface area contributed by atoms with Crippen LogP contribution in [0.15, 0.2) is 137 Å². The Bertz CT molecular complexity index is 3860. The summed E-state index contributed by atoms with van der Waals surface area (Å²) in [6.45, 7) is 11.3. The first kappa shape index (κ1) is 61.5. The van der Waals surface area contributed by atoms with Gasteiger partial charge in [-0.15, -0.1) is 0 Å². The van der Waals surface area contributed by atoms with Gasteiger partial charge in [0.1, 0.15) is 52.8 Å². The number of nitrogens with one attached hydrogen (secondary N) is 2. The van der Waals surface area contributed by atoms with Crippen LogP contribution in [0.5, 0.6) is 34.5 Å². The zero-order chi connectivity index (χ0) is 61.0. The van der Waals surface area contributed by atoms with Gasteiger partial charge in [-0.05, 0) is 184 Å². The van der Waals surface area contributed by atoms with E-state index in [-0.39, 0.29) is 5.75 Å². The van der Waals surface area contributed by atoms with Crippen LogP contribution < -0.4 is 23.7 Å². The van der Waals surface area contributed by atoms with Gasteiger partial charge in [-0.3, -0.25) is 9.98 Å². The van der Waals surface area contributed by atoms with E-state index in [2.05, 4.69) is 141 Å². The van der Waals surface area contributed by atoms with Gasteiger partial charge in [0.05, 0.1) is 82.4 Å². The molecule has 3 N–H and O–H groups in total. The number of aliphatic imine (C=N–C) groups is 2. The summed E-state index contributed by atoms with van der Waals surface area (Å²) in [6, 6.07) is 42.5. The molecule has 2 aliphatic rings. The molecule has 11 rings (SSSR count). The van der Waals surface area contributed by atoms with Crippen LogP contribution in [0.1, 0.15) is 64.6 Å². The molecule has 0 saturated heterocycles. The second kappa shape index (κ2) is 28.8. The summed E-state index contributed by atoms with van der Waals surface area (Å²) in [5, 5.41) is 11.1. The van der Waals surface area contributed by atoms with E-state index in [9.17, 15) is 5.11 Å². The summed E-state index contributed by atoms with van der Waals surface area (Å²) >= 11 is 0. The van der Waals surface area contributed by atoms with E-state index < -0.39 is 0 Å². The fourth-order valence-electron chi connectivity index (χ4n) is 10.7. The zero-order valence-corrected chi connectivity index (χ0v) is 52.3. The van der Waals surface area contributed by atoms with Gasteiger partial charge in [0.25, 0.3) is 0 Å². The lowest BCUT2D eigenvalue weighted by molar-refractivity contribution is 0.281. The van der Waals surface area contributed by atoms with Crippen molar-refractivity contribution in [2.75, 3.05) is 109 Å². The fraction of sp³-hybridized carbons (Fsp3) is 0.352. The van der Waals surface area contributed by atoms with Crippen LogP contribution >= 0.6 is 0 Å². The lowest BCUT2D eigenvalue weighted by Gasteiger charge is -2.15. The number of hydrogen-bond donors (Lipinski definition) is 3. The molecule has 0 unspecified atom stereocenters. The van der Waals surface area contributed by atoms with Crippen LogP contribution in [0, 0.1) is 13.8 Å². The van der Waals surface area contributed by atoms with Crippen LogP contribution in [0.25, 0.3) is 44.8 Å². The Morgan fingerprint density at radius 3 is 1.31 bits per heavy atom. The van der Waals surface area contributed by atoms with E-state index in [1.165, 1.54) is 5.56 Å². The number of nitrogens with zero attached hydrogens (tertiary/aromatic N) is 8. The first-order chi connectivity index (χ1) is 42.1. The van der Waals surface area contributed by atoms with E-state index in [0.29, 0.717) is 44.4 Å². The van der Waals surface area contributed by atoms with Crippen LogP contribution in [0.2, 0.25) is 0 Å². The molecule has 16 heteroatoms. The molecule has 2 aromatic heterocycles. The summed E-state index contributed by atoms with van der Waals surface area (Å²) in [4.78, 5) is 35.2. The molecular weight excluding hydrogens is 1090 g/mol. The van der Waals surface area contributed by atoms with E-state index >= 15 is 0 Å². The Morgan fingerprint density at radius 2 is 0.851 bits per heavy atom. The molecule has 4 heterocycles. The third-order valence-electron chi connectivity index (χ3n) is 15.4. The summed E-state index contributed by atoms with van der Waals surface area (Å²) in [7, 11) is 16.6. The first-order valence-electron chi connectivity index (χ1n) is 30.3. The smallest absolute Gasteiger partial charge is 0.142 e. The number of aromatic hydroxyl groups is 1. The Kier molecular flexibility index (Phi) is 20.4. The number of phenols is 1. The maximum Gasteiger partial charge on any atom is 0.142 e. The Hall–Kier alpha value is -8.54. The number of benzene rings is 7. The number of phenolic OH excluding ortho intramolecular Hbond substituents is 1. The monoisotopic (exact) mass is 1170 g/mol. The minimum Gasteiger partial charge on any atom is -0.507 e. The fourth-order valence-corrected chi connectivity index (χ4v) is 10.7. The molecule has 0 atom stereocenters. The first-order valence-corrected chi connectivity index (χ1v) is 30.3. The minimum absolute atomic E-state index is 0.170. The van der Waals surface area contributed by atoms with E-state index in [4.69, 9.17) is 43.6 Å². The minimum atomic E-state index is 0.170. The number of imidazole rings is 2. The average molecular weight is 1170 g/mol. The standard InChI is InChI=1S/C39H45N5O3.C32H39N5O3/c1-27-21-33(39-41-34-16-15-31(24-37(34)42-39)46-20-10-18-44(4)5)38(47-26-28-11-7-6-8-12-28)25-32(27)36-22-29-13-14-30(23-35(29)40-36)45-19-9-17-43(2)3;1-21-16-26(32-34-27-11-10-24(19-30(27)35-32)40-15-7-13-37(4)5)31(38)20-25(21)29-17-22-8-9-23(18-28(22)33-29)39-14-6-12-36(2)3/h6-8,11-16,21,23-25H,9-10,17-20,22,26H2,1-5H3,(H,41,42);8-11,16,18-20,38H,6-7,12-15,17H2,1-5H3,(H,34,35). The maximum atomic E-state index is 11.1. The predicted octanol–water partition coefficient (Wildman–Crippen LogP) is 13.0. The molecule has 454 valence electrons. The number of hydrogen-bond acceptors (Lipinski definition) is 14. The van der Waals surface area contributed by atoms with Crippen LogP contribution in [-0.4, -0.2) is 165 Å². The third-order valence-corrected chi connectivity index (χ3v) is 15.4. The van der Waals surface area contributed by atoms with Crippen molar-refractivity contribution >= 4 is 44.9 Å². The highest BCUT2D eigenvalue weighted by atomic mass is 16.5. The van der Waals surface area contributed by atoms with Gasteiger partial charge in [0.15, 0.2) is 0 Å². The molecule has 87 heavy (non-hydrogen) atoms. The van der Waals surface area contributed by atoms with Crippen molar-refractivity contribution in [3.05, 3.63) is 166 Å². The molecule has 2 aliphatic heterocycles. The normalized spacial score (nSPS) is 12.7. The maximum absolute atomic E-state index is 11.1. The summed E-state index contributed by atoms with van der Waals surface area (Å²) in [5.74, 6) is 5.65. The van der Waals surface area contributed by atoms with Gasteiger partial charge >= 0.3 is 0 Å². The second-order valence-electron chi connectivity index (χ2n) is 23.7. The molecule has 0 radical (unpaired) electrons. The van der Waals surface area contributed by atoms with Gasteiger partial charge < -0.3 is 58.4 Å². The van der Waals surface area contributed by atoms with Gasteiger partial charge in [-0.1, -0.05) is 42.5 Å². The topological polar surface area (TPSA) is 161 Å². The van der Waals surface area contributed by atoms with Gasteiger partial charge in [-0.2, -0.15) is 0 Å². The summed E-state index contributed by atoms with van der Waals surface area (Å²) in [6.07, 6.45) is 5.36. The second-order valence-corrected chi connectivity index (χ2v) is 23.7. The molecule has 16 nitrogen and oxygen atoms in total. The Balaban J connectivity index is 0.000000195. The summed E-state index contributed by atoms with van der Waals surface area (Å²) < 4.78 is 30.5. The number of ether oxygens (including phenoxy) is 5. The largest absolute Gasteiger partial charge is 0.507 e. The van der Waals surface area contributed by atoms with Crippen LogP contribution in [-0.2, 0) is 19.4 Å². The lowest BCUT2D eigenvalue weighted by atomic mass is 9.97. The number of aryl methyl sites for hydroxylation is 2. The van der Waals surface area contributed by atoms with Crippen molar-refractivity contribution in [2.24, 2.45) is 9.98 Å². The number of H-pyrrole nitrogens is 2. The van der Waals surface area contributed by atoms with Crippen molar-refractivity contribution in [3.63, 3.8) is 0 Å². The Morgan fingerprint density at radius 1 is 0.437 bits per heavy atom. The molecule has 0 saturated carbocycles. The third kappa shape index (κ3) is 16.3. The van der Waals surface area contributed by atoms with Gasteiger partial charge in [-0.25, -0.2) is 9.97 Å². The Labute approximate surface area is 512 Å². The summed E-state index contributed by atoms with van der Waals surface area (Å²) in [5.41, 5.74) is 16.6. The molecule has 0 fully saturated rings. The van der Waals surface area contributed by atoms with E-state index in [1.807, 2.05) is 79.7 Å². The quantitative estimate of drug-likeness (QED) is 0.0419. The highest BCUT2D eigenvalue weighted by Gasteiger charge is 2.24. The van der Waals surface area contributed by atoms with Gasteiger partial charge in [0.2, 0.25) is 0 Å². The van der Waals surface area contributed by atoms with Crippen molar-refractivity contribution in [3.8, 4) is 57.3 Å². The average Bonchev–Trinajstić information content (AvgIpc) is 2.06. The highest BCUT2D eigenvalue weighted by molar-refractivity contribution is 6.09. The predicted molar refractivity (Wildman–Crippen MR) is 352 cm³/mol. The molecule has 0 bridgehead atoms. The number of aromatic amines is 2. The number of rotatable bonds is 27. The van der Waals surface area contributed by atoms with Crippen LogP contribution in [0.3, 0.4) is 0 Å². The number of aromatic nitrogens is 4.